The Morgan fingerprint density at radius 3 is 3.04 bits per heavy atom. The Morgan fingerprint density at radius 1 is 1.38 bits per heavy atom. The summed E-state index contributed by atoms with van der Waals surface area (Å²) in [5.74, 6) is 0.523. The minimum Gasteiger partial charge on any atom is -0.361 e. The third kappa shape index (κ3) is 3.94. The van der Waals surface area contributed by atoms with Crippen LogP contribution in [0, 0.1) is 0 Å². The smallest absolute Gasteiger partial charge is 0.249 e. The Kier molecular flexibility index (Phi) is 5.38. The van der Waals surface area contributed by atoms with Crippen molar-refractivity contribution in [2.75, 3.05) is 5.32 Å². The van der Waals surface area contributed by atoms with E-state index in [1.54, 1.807) is 18.4 Å². The number of carbonyl (C=O) groups is 1. The number of amides is 1. The van der Waals surface area contributed by atoms with Crippen molar-refractivity contribution in [2.24, 2.45) is 4.99 Å². The normalized spacial score (nSPS) is 12.0. The fourth-order valence-electron chi connectivity index (χ4n) is 2.57. The fourth-order valence-corrected chi connectivity index (χ4v) is 2.57. The van der Waals surface area contributed by atoms with E-state index in [0.717, 1.165) is 16.5 Å². The number of anilines is 1. The molecule has 0 saturated carbocycles. The molecule has 132 valence electrons. The van der Waals surface area contributed by atoms with Crippen LogP contribution in [0.3, 0.4) is 0 Å². The van der Waals surface area contributed by atoms with E-state index >= 15 is 0 Å². The van der Waals surface area contributed by atoms with Gasteiger partial charge in [-0.15, -0.1) is 5.10 Å². The van der Waals surface area contributed by atoms with Gasteiger partial charge in [-0.1, -0.05) is 30.9 Å². The number of aryl methyl sites for hydroxylation is 1. The van der Waals surface area contributed by atoms with Crippen molar-refractivity contribution in [1.29, 1.82) is 0 Å². The molecule has 0 fully saturated rings. The summed E-state index contributed by atoms with van der Waals surface area (Å²) < 4.78 is 0. The molecule has 0 atom stereocenters. The Morgan fingerprint density at radius 2 is 2.23 bits per heavy atom. The van der Waals surface area contributed by atoms with Crippen molar-refractivity contribution >= 4 is 28.5 Å². The highest BCUT2D eigenvalue weighted by Gasteiger charge is 2.11. The Labute approximate surface area is 151 Å². The minimum absolute atomic E-state index is 0.147. The standard InChI is InChI=1S/C19H20N6O/c1-3-11-20-15(4-2)18-23-19(25-24-18)22-17(26)10-9-13-12-21-16-8-6-5-7-14(13)16/h3-8,11-12,21H,2,9-10H2,1H3,(H2,22,23,24,25,26)/b11-3-,20-15?. The molecule has 0 aliphatic carbocycles. The maximum Gasteiger partial charge on any atom is 0.249 e. The van der Waals surface area contributed by atoms with Crippen molar-refractivity contribution in [1.82, 2.24) is 20.2 Å². The maximum atomic E-state index is 12.2. The highest BCUT2D eigenvalue weighted by Crippen LogP contribution is 2.19. The van der Waals surface area contributed by atoms with Gasteiger partial charge in [0.05, 0.1) is 0 Å². The molecule has 2 heterocycles. The lowest BCUT2D eigenvalue weighted by atomic mass is 10.1. The average molecular weight is 348 g/mol. The van der Waals surface area contributed by atoms with Crippen LogP contribution in [-0.4, -0.2) is 31.8 Å². The van der Waals surface area contributed by atoms with Gasteiger partial charge in [-0.25, -0.2) is 0 Å². The third-order valence-electron chi connectivity index (χ3n) is 3.83. The molecule has 7 nitrogen and oxygen atoms in total. The molecule has 0 aliphatic rings. The second-order valence-electron chi connectivity index (χ2n) is 5.62. The molecule has 0 radical (unpaired) electrons. The molecule has 7 heteroatoms. The van der Waals surface area contributed by atoms with Gasteiger partial charge in [0, 0.05) is 29.7 Å². The summed E-state index contributed by atoms with van der Waals surface area (Å²) in [5.41, 5.74) is 2.73. The molecule has 3 aromatic rings. The van der Waals surface area contributed by atoms with Gasteiger partial charge in [0.15, 0.2) is 5.82 Å². The fraction of sp³-hybridized carbons (Fsp3) is 0.158. The lowest BCUT2D eigenvalue weighted by Gasteiger charge is -2.00. The highest BCUT2D eigenvalue weighted by molar-refractivity contribution is 6.06. The highest BCUT2D eigenvalue weighted by atomic mass is 16.1. The van der Waals surface area contributed by atoms with Crippen LogP contribution in [0.5, 0.6) is 0 Å². The number of carbonyl (C=O) groups excluding carboxylic acids is 1. The summed E-state index contributed by atoms with van der Waals surface area (Å²) in [7, 11) is 0. The summed E-state index contributed by atoms with van der Waals surface area (Å²) in [5, 5.41) is 10.6. The molecule has 3 N–H and O–H groups in total. The first kappa shape index (κ1) is 17.3. The number of allylic oxidation sites excluding steroid dienone is 2. The summed E-state index contributed by atoms with van der Waals surface area (Å²) in [4.78, 5) is 23.8. The van der Waals surface area contributed by atoms with Crippen LogP contribution in [0.2, 0.25) is 0 Å². The topological polar surface area (TPSA) is 98.8 Å². The van der Waals surface area contributed by atoms with E-state index in [1.165, 1.54) is 0 Å². The van der Waals surface area contributed by atoms with Gasteiger partial charge < -0.3 is 4.98 Å². The Hall–Kier alpha value is -3.48. The van der Waals surface area contributed by atoms with Crippen LogP contribution >= 0.6 is 0 Å². The molecule has 2 aromatic heterocycles. The number of aromatic nitrogens is 4. The van der Waals surface area contributed by atoms with Gasteiger partial charge in [0.1, 0.15) is 5.71 Å². The first-order chi connectivity index (χ1) is 12.7. The van der Waals surface area contributed by atoms with Crippen molar-refractivity contribution in [3.05, 3.63) is 66.8 Å². The molecule has 0 spiro atoms. The van der Waals surface area contributed by atoms with Gasteiger partial charge in [-0.2, -0.15) is 4.98 Å². The lowest BCUT2D eigenvalue weighted by Crippen LogP contribution is -2.13. The van der Waals surface area contributed by atoms with E-state index in [1.807, 2.05) is 37.4 Å². The van der Waals surface area contributed by atoms with Gasteiger partial charge in [-0.05, 0) is 31.1 Å². The van der Waals surface area contributed by atoms with Crippen molar-refractivity contribution in [3.63, 3.8) is 0 Å². The van der Waals surface area contributed by atoms with Crippen molar-refractivity contribution < 1.29 is 4.79 Å². The number of nitrogens with zero attached hydrogens (tertiary/aromatic N) is 3. The number of aromatic amines is 2. The van der Waals surface area contributed by atoms with Crippen molar-refractivity contribution in [2.45, 2.75) is 19.8 Å². The monoisotopic (exact) mass is 348 g/mol. The predicted molar refractivity (Wildman–Crippen MR) is 103 cm³/mol. The van der Waals surface area contributed by atoms with E-state index in [4.69, 9.17) is 0 Å². The van der Waals surface area contributed by atoms with E-state index in [9.17, 15) is 4.79 Å². The van der Waals surface area contributed by atoms with Gasteiger partial charge in [-0.3, -0.25) is 20.2 Å². The molecular formula is C19H20N6O. The van der Waals surface area contributed by atoms with Crippen LogP contribution < -0.4 is 5.32 Å². The zero-order chi connectivity index (χ0) is 18.4. The molecule has 3 rings (SSSR count). The summed E-state index contributed by atoms with van der Waals surface area (Å²) >= 11 is 0. The number of benzene rings is 1. The second kappa shape index (κ2) is 8.06. The molecule has 1 aromatic carbocycles. The Balaban J connectivity index is 1.61. The van der Waals surface area contributed by atoms with E-state index in [2.05, 4.69) is 37.1 Å². The maximum absolute atomic E-state index is 12.2. The SMILES string of the molecule is C=CC(=N/C=C\C)c1nc(NC(=O)CCc2c[nH]c3ccccc23)n[nH]1. The van der Waals surface area contributed by atoms with Gasteiger partial charge in [0.2, 0.25) is 11.9 Å². The number of rotatable bonds is 7. The van der Waals surface area contributed by atoms with Gasteiger partial charge in [0.25, 0.3) is 0 Å². The van der Waals surface area contributed by atoms with Crippen LogP contribution in [-0.2, 0) is 11.2 Å². The molecule has 0 aliphatic heterocycles. The van der Waals surface area contributed by atoms with E-state index in [-0.39, 0.29) is 11.9 Å². The molecule has 0 unspecified atom stereocenters. The number of hydrogen-bond acceptors (Lipinski definition) is 4. The Bertz CT molecular complexity index is 979. The largest absolute Gasteiger partial charge is 0.361 e. The molecule has 1 amide bonds. The van der Waals surface area contributed by atoms with Crippen molar-refractivity contribution in [3.8, 4) is 0 Å². The summed E-state index contributed by atoms with van der Waals surface area (Å²) in [6.07, 6.45) is 7.92. The van der Waals surface area contributed by atoms with E-state index in [0.29, 0.717) is 24.4 Å². The summed E-state index contributed by atoms with van der Waals surface area (Å²) in [6.45, 7) is 5.57. The third-order valence-corrected chi connectivity index (χ3v) is 3.83. The van der Waals surface area contributed by atoms with E-state index < -0.39 is 0 Å². The molecule has 26 heavy (non-hydrogen) atoms. The van der Waals surface area contributed by atoms with Crippen LogP contribution in [0.25, 0.3) is 10.9 Å². The van der Waals surface area contributed by atoms with Crippen LogP contribution in [0.4, 0.5) is 5.95 Å². The minimum atomic E-state index is -0.147. The number of aliphatic imine (C=N–C) groups is 1. The second-order valence-corrected chi connectivity index (χ2v) is 5.62. The predicted octanol–water partition coefficient (Wildman–Crippen LogP) is 3.37. The number of hydrogen-bond donors (Lipinski definition) is 3. The molecule has 0 saturated heterocycles. The lowest BCUT2D eigenvalue weighted by molar-refractivity contribution is -0.116. The van der Waals surface area contributed by atoms with Crippen LogP contribution in [0.15, 0.2) is 60.4 Å². The number of nitrogens with one attached hydrogen (secondary N) is 3. The van der Waals surface area contributed by atoms with Gasteiger partial charge >= 0.3 is 0 Å². The average Bonchev–Trinajstić information content (AvgIpc) is 3.28. The molecular weight excluding hydrogens is 328 g/mol. The number of fused-ring (bicyclic) bond motifs is 1. The summed E-state index contributed by atoms with van der Waals surface area (Å²) in [6, 6.07) is 8.02. The number of H-pyrrole nitrogens is 2. The first-order valence-electron chi connectivity index (χ1n) is 8.30. The quantitative estimate of drug-likeness (QED) is 0.571. The van der Waals surface area contributed by atoms with Crippen LogP contribution in [0.1, 0.15) is 24.7 Å². The zero-order valence-electron chi connectivity index (χ0n) is 14.5. The number of para-hydroxylation sites is 1. The zero-order valence-corrected chi connectivity index (χ0v) is 14.5. The first-order valence-corrected chi connectivity index (χ1v) is 8.30. The molecule has 0 bridgehead atoms.